The van der Waals surface area contributed by atoms with Crippen LogP contribution in [0.3, 0.4) is 0 Å². The topological polar surface area (TPSA) is 64.8 Å². The predicted octanol–water partition coefficient (Wildman–Crippen LogP) is 2.85. The first-order chi connectivity index (χ1) is 15.7. The highest BCUT2D eigenvalue weighted by Crippen LogP contribution is 2.31. The minimum atomic E-state index is -0.181. The second-order valence-electron chi connectivity index (χ2n) is 8.17. The van der Waals surface area contributed by atoms with Crippen LogP contribution in [0.5, 0.6) is 0 Å². The van der Waals surface area contributed by atoms with E-state index in [2.05, 4.69) is 53.8 Å². The Morgan fingerprint density at radius 3 is 1.72 bits per heavy atom. The van der Waals surface area contributed by atoms with Crippen LogP contribution in [-0.2, 0) is 0 Å². The lowest BCUT2D eigenvalue weighted by Gasteiger charge is -2.39. The standard InChI is InChI=1S/C24H28FN7/c25-20-8-4-5-9-21(20)30-12-16-32(17-13-30)24-22(26)23(27-18-28-24)31-14-10-29(11-15-31)19-6-2-1-3-7-19/h1-9,18H,10-17,26H2. The summed E-state index contributed by atoms with van der Waals surface area (Å²) in [5, 5.41) is 0. The van der Waals surface area contributed by atoms with Gasteiger partial charge < -0.3 is 25.3 Å². The second kappa shape index (κ2) is 8.90. The molecular weight excluding hydrogens is 405 g/mol. The highest BCUT2D eigenvalue weighted by molar-refractivity contribution is 5.76. The molecule has 5 rings (SSSR count). The van der Waals surface area contributed by atoms with Crippen LogP contribution in [0, 0.1) is 5.82 Å². The lowest BCUT2D eigenvalue weighted by molar-refractivity contribution is 0.596. The van der Waals surface area contributed by atoms with Crippen LogP contribution in [0.25, 0.3) is 0 Å². The van der Waals surface area contributed by atoms with E-state index < -0.39 is 0 Å². The number of para-hydroxylation sites is 2. The van der Waals surface area contributed by atoms with Crippen LogP contribution < -0.4 is 25.3 Å². The number of benzene rings is 2. The molecule has 2 saturated heterocycles. The third-order valence-corrected chi connectivity index (χ3v) is 6.31. The van der Waals surface area contributed by atoms with Gasteiger partial charge in [-0.05, 0) is 24.3 Å². The molecule has 166 valence electrons. The van der Waals surface area contributed by atoms with Crippen molar-refractivity contribution in [2.45, 2.75) is 0 Å². The van der Waals surface area contributed by atoms with Gasteiger partial charge in [-0.2, -0.15) is 0 Å². The summed E-state index contributed by atoms with van der Waals surface area (Å²) in [6.07, 6.45) is 1.60. The van der Waals surface area contributed by atoms with E-state index >= 15 is 0 Å². The Bertz CT molecular complexity index is 1050. The SMILES string of the molecule is Nc1c(N2CCN(c3ccccc3)CC2)ncnc1N1CCN(c2ccccc2F)CC1. The number of piperazine rings is 2. The van der Waals surface area contributed by atoms with Gasteiger partial charge >= 0.3 is 0 Å². The first kappa shape index (κ1) is 20.4. The number of hydrogen-bond donors (Lipinski definition) is 1. The molecule has 7 nitrogen and oxygen atoms in total. The molecule has 2 aliphatic rings. The Morgan fingerprint density at radius 2 is 1.12 bits per heavy atom. The lowest BCUT2D eigenvalue weighted by Crippen LogP contribution is -2.48. The van der Waals surface area contributed by atoms with Crippen LogP contribution >= 0.6 is 0 Å². The Kier molecular flexibility index (Phi) is 5.66. The van der Waals surface area contributed by atoms with Gasteiger partial charge in [0.05, 0.1) is 5.69 Å². The number of aromatic nitrogens is 2. The molecule has 0 aliphatic carbocycles. The van der Waals surface area contributed by atoms with E-state index in [1.165, 1.54) is 11.8 Å². The molecule has 0 saturated carbocycles. The smallest absolute Gasteiger partial charge is 0.157 e. The van der Waals surface area contributed by atoms with E-state index in [9.17, 15) is 4.39 Å². The van der Waals surface area contributed by atoms with E-state index in [1.807, 2.05) is 18.2 Å². The van der Waals surface area contributed by atoms with E-state index in [0.717, 1.165) is 64.0 Å². The summed E-state index contributed by atoms with van der Waals surface area (Å²) in [7, 11) is 0. The fourth-order valence-corrected chi connectivity index (χ4v) is 4.56. The molecule has 3 aromatic rings. The quantitative estimate of drug-likeness (QED) is 0.679. The van der Waals surface area contributed by atoms with Crippen molar-refractivity contribution in [1.82, 2.24) is 9.97 Å². The highest BCUT2D eigenvalue weighted by Gasteiger charge is 2.25. The molecule has 0 unspecified atom stereocenters. The van der Waals surface area contributed by atoms with Crippen molar-refractivity contribution in [2.75, 3.05) is 77.7 Å². The number of nitrogens with zero attached hydrogens (tertiary/aromatic N) is 6. The molecule has 0 atom stereocenters. The number of halogens is 1. The van der Waals surface area contributed by atoms with Crippen molar-refractivity contribution in [1.29, 1.82) is 0 Å². The van der Waals surface area contributed by atoms with Crippen molar-refractivity contribution in [3.05, 3.63) is 66.7 Å². The summed E-state index contributed by atoms with van der Waals surface area (Å²) < 4.78 is 14.1. The van der Waals surface area contributed by atoms with Gasteiger partial charge in [-0.25, -0.2) is 14.4 Å². The molecule has 0 radical (unpaired) electrons. The van der Waals surface area contributed by atoms with Gasteiger partial charge in [0.2, 0.25) is 0 Å². The van der Waals surface area contributed by atoms with Crippen molar-refractivity contribution < 1.29 is 4.39 Å². The zero-order valence-corrected chi connectivity index (χ0v) is 18.1. The largest absolute Gasteiger partial charge is 0.393 e. The minimum Gasteiger partial charge on any atom is -0.393 e. The summed E-state index contributed by atoms with van der Waals surface area (Å²) in [5.74, 6) is 1.40. The van der Waals surface area contributed by atoms with E-state index in [1.54, 1.807) is 12.4 Å². The van der Waals surface area contributed by atoms with Gasteiger partial charge in [-0.1, -0.05) is 30.3 Å². The number of anilines is 5. The maximum Gasteiger partial charge on any atom is 0.157 e. The van der Waals surface area contributed by atoms with Crippen LogP contribution in [0.2, 0.25) is 0 Å². The maximum atomic E-state index is 14.1. The summed E-state index contributed by atoms with van der Waals surface area (Å²) in [5.41, 5.74) is 9.09. The molecule has 0 spiro atoms. The summed E-state index contributed by atoms with van der Waals surface area (Å²) in [6, 6.07) is 17.4. The predicted molar refractivity (Wildman–Crippen MR) is 128 cm³/mol. The average Bonchev–Trinajstić information content (AvgIpc) is 2.85. The Hall–Kier alpha value is -3.55. The molecular formula is C24H28FN7. The molecule has 3 heterocycles. The molecule has 32 heavy (non-hydrogen) atoms. The second-order valence-corrected chi connectivity index (χ2v) is 8.17. The first-order valence-corrected chi connectivity index (χ1v) is 11.1. The van der Waals surface area contributed by atoms with Crippen molar-refractivity contribution >= 4 is 28.7 Å². The van der Waals surface area contributed by atoms with Crippen LogP contribution in [0.15, 0.2) is 60.9 Å². The number of hydrogen-bond acceptors (Lipinski definition) is 7. The highest BCUT2D eigenvalue weighted by atomic mass is 19.1. The summed E-state index contributed by atoms with van der Waals surface area (Å²) in [4.78, 5) is 17.9. The molecule has 1 aromatic heterocycles. The van der Waals surface area contributed by atoms with Crippen LogP contribution in [-0.4, -0.2) is 62.3 Å². The summed E-state index contributed by atoms with van der Waals surface area (Å²) in [6.45, 7) is 6.46. The van der Waals surface area contributed by atoms with E-state index in [-0.39, 0.29) is 5.82 Å². The Morgan fingerprint density at radius 1 is 0.625 bits per heavy atom. The zero-order chi connectivity index (χ0) is 21.9. The van der Waals surface area contributed by atoms with E-state index in [0.29, 0.717) is 11.4 Å². The van der Waals surface area contributed by atoms with Crippen LogP contribution in [0.1, 0.15) is 0 Å². The Labute approximate surface area is 187 Å². The van der Waals surface area contributed by atoms with Gasteiger partial charge in [-0.15, -0.1) is 0 Å². The number of rotatable bonds is 4. The number of nitrogens with two attached hydrogens (primary N) is 1. The fraction of sp³-hybridized carbons (Fsp3) is 0.333. The molecule has 0 bridgehead atoms. The van der Waals surface area contributed by atoms with Crippen LogP contribution in [0.4, 0.5) is 33.1 Å². The molecule has 8 heteroatoms. The van der Waals surface area contributed by atoms with E-state index in [4.69, 9.17) is 5.73 Å². The van der Waals surface area contributed by atoms with Gasteiger partial charge in [0.25, 0.3) is 0 Å². The molecule has 2 aliphatic heterocycles. The van der Waals surface area contributed by atoms with Gasteiger partial charge in [0.15, 0.2) is 11.6 Å². The third-order valence-electron chi connectivity index (χ3n) is 6.31. The van der Waals surface area contributed by atoms with Crippen molar-refractivity contribution in [2.24, 2.45) is 0 Å². The normalized spacial score (nSPS) is 17.0. The Balaban J connectivity index is 1.25. The minimum absolute atomic E-state index is 0.181. The van der Waals surface area contributed by atoms with Gasteiger partial charge in [0.1, 0.15) is 17.8 Å². The van der Waals surface area contributed by atoms with Gasteiger partial charge in [-0.3, -0.25) is 0 Å². The van der Waals surface area contributed by atoms with Crippen molar-refractivity contribution in [3.8, 4) is 0 Å². The molecule has 2 N–H and O–H groups in total. The first-order valence-electron chi connectivity index (χ1n) is 11.1. The fourth-order valence-electron chi connectivity index (χ4n) is 4.56. The third kappa shape index (κ3) is 4.00. The molecule has 0 amide bonds. The molecule has 2 aromatic carbocycles. The zero-order valence-electron chi connectivity index (χ0n) is 18.1. The summed E-state index contributed by atoms with van der Waals surface area (Å²) >= 11 is 0. The van der Waals surface area contributed by atoms with Crippen molar-refractivity contribution in [3.63, 3.8) is 0 Å². The number of nitrogen functional groups attached to an aromatic ring is 1. The average molecular weight is 434 g/mol. The lowest BCUT2D eigenvalue weighted by atomic mass is 10.2. The molecule has 2 fully saturated rings. The maximum absolute atomic E-state index is 14.1. The monoisotopic (exact) mass is 433 g/mol. The van der Waals surface area contributed by atoms with Gasteiger partial charge in [0, 0.05) is 58.0 Å².